The Bertz CT molecular complexity index is 696. The number of nitrogens with zero attached hydrogens (tertiary/aromatic N) is 1. The highest BCUT2D eigenvalue weighted by molar-refractivity contribution is 6.45. The minimum atomic E-state index is -0.303. The second kappa shape index (κ2) is 10.8. The molecule has 1 rings (SSSR count). The van der Waals surface area contributed by atoms with Crippen LogP contribution in [-0.4, -0.2) is 18.2 Å². The van der Waals surface area contributed by atoms with E-state index in [9.17, 15) is 4.79 Å². The van der Waals surface area contributed by atoms with Gasteiger partial charge in [0.05, 0.1) is 10.0 Å². The predicted octanol–water partition coefficient (Wildman–Crippen LogP) is 3.77. The zero-order valence-corrected chi connectivity index (χ0v) is 16.2. The molecule has 0 radical (unpaired) electrons. The van der Waals surface area contributed by atoms with Crippen LogP contribution in [0.1, 0.15) is 32.8 Å². The van der Waals surface area contributed by atoms with E-state index < -0.39 is 0 Å². The molecule has 136 valence electrons. The number of rotatable bonds is 8. The molecule has 0 atom stereocenters. The molecule has 0 heterocycles. The Hall–Kier alpha value is -1.98. The highest BCUT2D eigenvalue weighted by Crippen LogP contribution is 2.22. The molecule has 0 aliphatic rings. The number of hydrogen-bond donors (Lipinski definition) is 3. The topological polar surface area (TPSA) is 79.5 Å². The van der Waals surface area contributed by atoms with E-state index in [-0.39, 0.29) is 5.91 Å². The van der Waals surface area contributed by atoms with Crippen LogP contribution in [0.25, 0.3) is 0 Å². The normalized spacial score (nSPS) is 12.9. The second-order valence-electron chi connectivity index (χ2n) is 5.34. The van der Waals surface area contributed by atoms with Gasteiger partial charge in [-0.15, -0.1) is 0 Å². The van der Waals surface area contributed by atoms with Crippen molar-refractivity contribution in [2.45, 2.75) is 33.7 Å². The van der Waals surface area contributed by atoms with E-state index in [1.54, 1.807) is 25.1 Å². The number of halogens is 2. The molecule has 0 saturated carbocycles. The molecule has 1 aromatic rings. The molecule has 0 aliphatic heterocycles. The average molecular weight is 383 g/mol. The van der Waals surface area contributed by atoms with Gasteiger partial charge in [0.15, 0.2) is 0 Å². The minimum Gasteiger partial charge on any atom is -0.404 e. The van der Waals surface area contributed by atoms with Crippen LogP contribution in [0.3, 0.4) is 0 Å². The van der Waals surface area contributed by atoms with E-state index in [2.05, 4.69) is 15.6 Å². The Kier molecular flexibility index (Phi) is 9.10. The van der Waals surface area contributed by atoms with Crippen molar-refractivity contribution in [2.24, 2.45) is 10.7 Å². The Balaban J connectivity index is 2.76. The quantitative estimate of drug-likeness (QED) is 0.598. The van der Waals surface area contributed by atoms with Gasteiger partial charge in [-0.2, -0.15) is 0 Å². The molecule has 1 amide bonds. The van der Waals surface area contributed by atoms with Gasteiger partial charge >= 0.3 is 0 Å². The molecule has 0 fully saturated rings. The van der Waals surface area contributed by atoms with E-state index in [1.165, 1.54) is 6.20 Å². The summed E-state index contributed by atoms with van der Waals surface area (Å²) in [5.41, 5.74) is 7.44. The van der Waals surface area contributed by atoms with Crippen molar-refractivity contribution in [1.29, 1.82) is 0 Å². The Labute approximate surface area is 159 Å². The summed E-state index contributed by atoms with van der Waals surface area (Å²) >= 11 is 11.9. The van der Waals surface area contributed by atoms with Crippen LogP contribution >= 0.6 is 23.2 Å². The lowest BCUT2D eigenvalue weighted by molar-refractivity contribution is -0.114. The summed E-state index contributed by atoms with van der Waals surface area (Å²) in [5.74, 6) is 0.271. The molecular formula is C18H24Cl2N4O. The molecule has 25 heavy (non-hydrogen) atoms. The number of nitrogens with two attached hydrogens (primary N) is 1. The van der Waals surface area contributed by atoms with Crippen LogP contribution in [0.4, 0.5) is 0 Å². The van der Waals surface area contributed by atoms with E-state index in [4.69, 9.17) is 28.9 Å². The van der Waals surface area contributed by atoms with E-state index in [0.717, 1.165) is 12.0 Å². The average Bonchev–Trinajstić information content (AvgIpc) is 2.61. The fraction of sp³-hybridized carbons (Fsp3) is 0.333. The summed E-state index contributed by atoms with van der Waals surface area (Å²) < 4.78 is 0. The van der Waals surface area contributed by atoms with Gasteiger partial charge in [-0.3, -0.25) is 9.79 Å². The highest BCUT2D eigenvalue weighted by Gasteiger charge is 2.14. The number of amides is 1. The van der Waals surface area contributed by atoms with Gasteiger partial charge in [-0.1, -0.05) is 36.2 Å². The lowest BCUT2D eigenvalue weighted by Crippen LogP contribution is -2.36. The summed E-state index contributed by atoms with van der Waals surface area (Å²) in [7, 11) is 0. The lowest BCUT2D eigenvalue weighted by Gasteiger charge is -2.14. The van der Waals surface area contributed by atoms with Gasteiger partial charge in [0.1, 0.15) is 11.5 Å². The summed E-state index contributed by atoms with van der Waals surface area (Å²) in [6, 6.07) is 5.38. The van der Waals surface area contributed by atoms with Crippen LogP contribution in [-0.2, 0) is 11.3 Å². The van der Waals surface area contributed by atoms with E-state index in [0.29, 0.717) is 40.2 Å². The fourth-order valence-corrected chi connectivity index (χ4v) is 2.25. The van der Waals surface area contributed by atoms with E-state index in [1.807, 2.05) is 19.9 Å². The van der Waals surface area contributed by atoms with Gasteiger partial charge in [0, 0.05) is 13.1 Å². The molecule has 7 heteroatoms. The Morgan fingerprint density at radius 1 is 1.32 bits per heavy atom. The SMILES string of the molecule is C/C=C(\NCc1ccc(Cl)c(Cl)c1)NC(=O)C(=NCCC)C(C)=CN. The van der Waals surface area contributed by atoms with Crippen LogP contribution in [0.5, 0.6) is 0 Å². The lowest BCUT2D eigenvalue weighted by atomic mass is 10.2. The number of benzene rings is 1. The van der Waals surface area contributed by atoms with Crippen LogP contribution in [0.2, 0.25) is 10.0 Å². The number of aliphatic imine (C=N–C) groups is 1. The molecule has 5 nitrogen and oxygen atoms in total. The molecule has 4 N–H and O–H groups in total. The second-order valence-corrected chi connectivity index (χ2v) is 6.15. The molecule has 0 saturated heterocycles. The molecule has 0 spiro atoms. The monoisotopic (exact) mass is 382 g/mol. The smallest absolute Gasteiger partial charge is 0.275 e. The van der Waals surface area contributed by atoms with Gasteiger partial charge in [-0.25, -0.2) is 0 Å². The summed E-state index contributed by atoms with van der Waals surface area (Å²) in [6.45, 7) is 6.63. The van der Waals surface area contributed by atoms with Crippen LogP contribution in [0, 0.1) is 0 Å². The number of hydrogen-bond acceptors (Lipinski definition) is 4. The first-order chi connectivity index (χ1) is 11.9. The van der Waals surface area contributed by atoms with Crippen LogP contribution < -0.4 is 16.4 Å². The van der Waals surface area contributed by atoms with Crippen molar-refractivity contribution >= 4 is 34.8 Å². The Morgan fingerprint density at radius 3 is 2.60 bits per heavy atom. The van der Waals surface area contributed by atoms with Gasteiger partial charge in [0.25, 0.3) is 5.91 Å². The number of allylic oxidation sites excluding steroid dienone is 1. The van der Waals surface area contributed by atoms with Gasteiger partial charge < -0.3 is 16.4 Å². The molecular weight excluding hydrogens is 359 g/mol. The molecule has 0 bridgehead atoms. The maximum atomic E-state index is 12.5. The predicted molar refractivity (Wildman–Crippen MR) is 106 cm³/mol. The molecule has 0 unspecified atom stereocenters. The van der Waals surface area contributed by atoms with E-state index >= 15 is 0 Å². The van der Waals surface area contributed by atoms with Crippen molar-refractivity contribution in [2.75, 3.05) is 6.54 Å². The minimum absolute atomic E-state index is 0.303. The number of carbonyl (C=O) groups excluding carboxylic acids is 1. The van der Waals surface area contributed by atoms with Gasteiger partial charge in [0.2, 0.25) is 0 Å². The maximum absolute atomic E-state index is 12.5. The Morgan fingerprint density at radius 2 is 2.04 bits per heavy atom. The number of carbonyl (C=O) groups is 1. The van der Waals surface area contributed by atoms with Crippen molar-refractivity contribution < 1.29 is 4.79 Å². The third-order valence-electron chi connectivity index (χ3n) is 3.34. The molecule has 0 aromatic heterocycles. The zero-order valence-electron chi connectivity index (χ0n) is 14.7. The summed E-state index contributed by atoms with van der Waals surface area (Å²) in [4.78, 5) is 16.8. The fourth-order valence-electron chi connectivity index (χ4n) is 1.92. The highest BCUT2D eigenvalue weighted by atomic mass is 35.5. The zero-order chi connectivity index (χ0) is 18.8. The van der Waals surface area contributed by atoms with Crippen LogP contribution in [0.15, 0.2) is 46.9 Å². The van der Waals surface area contributed by atoms with Crippen molar-refractivity contribution in [1.82, 2.24) is 10.6 Å². The summed E-state index contributed by atoms with van der Waals surface area (Å²) in [5, 5.41) is 6.96. The summed E-state index contributed by atoms with van der Waals surface area (Å²) in [6.07, 6.45) is 4.00. The maximum Gasteiger partial charge on any atom is 0.275 e. The third kappa shape index (κ3) is 6.80. The first kappa shape index (κ1) is 21.1. The van der Waals surface area contributed by atoms with Gasteiger partial charge in [-0.05, 0) is 55.8 Å². The van der Waals surface area contributed by atoms with Crippen molar-refractivity contribution in [3.05, 3.63) is 57.5 Å². The first-order valence-corrected chi connectivity index (χ1v) is 8.77. The van der Waals surface area contributed by atoms with Crippen molar-refractivity contribution in [3.8, 4) is 0 Å². The first-order valence-electron chi connectivity index (χ1n) is 8.01. The third-order valence-corrected chi connectivity index (χ3v) is 4.08. The molecule has 1 aromatic carbocycles. The number of nitrogens with one attached hydrogen (secondary N) is 2. The largest absolute Gasteiger partial charge is 0.404 e. The molecule has 0 aliphatic carbocycles. The standard InChI is InChI=1S/C18H24Cl2N4O/c1-4-8-22-17(12(3)10-21)18(25)24-16(5-2)23-11-13-6-7-14(19)15(20)9-13/h5-7,9-10,23H,4,8,11,21H2,1-3H3,(H,24,25)/b12-10?,16-5+,22-17?. The van der Waals surface area contributed by atoms with Crippen molar-refractivity contribution in [3.63, 3.8) is 0 Å².